The molecule has 1 unspecified atom stereocenters. The van der Waals surface area contributed by atoms with Gasteiger partial charge in [-0.15, -0.1) is 0 Å². The molecule has 12 heteroatoms. The van der Waals surface area contributed by atoms with E-state index in [0.717, 1.165) is 11.3 Å². The third-order valence-corrected chi connectivity index (χ3v) is 7.01. The van der Waals surface area contributed by atoms with Crippen molar-refractivity contribution in [2.45, 2.75) is 13.0 Å². The van der Waals surface area contributed by atoms with E-state index in [-0.39, 0.29) is 36.6 Å². The molecule has 0 amide bonds. The monoisotopic (exact) mass is 565 g/mol. The van der Waals surface area contributed by atoms with Gasteiger partial charge in [-0.2, -0.15) is 0 Å². The van der Waals surface area contributed by atoms with Gasteiger partial charge in [-0.3, -0.25) is 19.5 Å². The number of non-ortho nitro benzene ring substituents is 1. The van der Waals surface area contributed by atoms with Crippen LogP contribution in [0.1, 0.15) is 24.1 Å². The molecule has 208 valence electrons. The minimum Gasteiger partial charge on any atom is -0.493 e. The first-order chi connectivity index (χ1) is 19.3. The quantitative estimate of drug-likeness (QED) is 0.114. The maximum absolute atomic E-state index is 13.8. The maximum Gasteiger partial charge on any atom is 0.338 e. The van der Waals surface area contributed by atoms with E-state index in [1.165, 1.54) is 30.9 Å². The number of nitro benzene ring substituents is 1. The summed E-state index contributed by atoms with van der Waals surface area (Å²) < 4.78 is 23.4. The lowest BCUT2D eigenvalue weighted by molar-refractivity contribution is -0.384. The van der Waals surface area contributed by atoms with E-state index in [9.17, 15) is 19.7 Å². The van der Waals surface area contributed by atoms with E-state index in [1.807, 2.05) is 0 Å². The van der Waals surface area contributed by atoms with Crippen molar-refractivity contribution >= 4 is 29.1 Å². The summed E-state index contributed by atoms with van der Waals surface area (Å²) in [6.45, 7) is 5.85. The highest BCUT2D eigenvalue weighted by atomic mass is 32.1. The molecule has 2 heterocycles. The van der Waals surface area contributed by atoms with Crippen molar-refractivity contribution in [2.24, 2.45) is 4.99 Å². The highest BCUT2D eigenvalue weighted by molar-refractivity contribution is 7.07. The fourth-order valence-corrected chi connectivity index (χ4v) is 5.21. The topological polar surface area (TPSA) is 131 Å². The number of nitrogens with zero attached hydrogens (tertiary/aromatic N) is 3. The van der Waals surface area contributed by atoms with Gasteiger partial charge in [-0.1, -0.05) is 30.1 Å². The Balaban J connectivity index is 1.87. The predicted molar refractivity (Wildman–Crippen MR) is 148 cm³/mol. The Labute approximate surface area is 233 Å². The van der Waals surface area contributed by atoms with Crippen molar-refractivity contribution in [1.29, 1.82) is 0 Å². The summed E-state index contributed by atoms with van der Waals surface area (Å²) in [4.78, 5) is 42.6. The smallest absolute Gasteiger partial charge is 0.338 e. The fourth-order valence-electron chi connectivity index (χ4n) is 4.16. The number of methoxy groups -OCH3 is 2. The first kappa shape index (κ1) is 28.5. The zero-order valence-electron chi connectivity index (χ0n) is 22.1. The van der Waals surface area contributed by atoms with Crippen LogP contribution in [0.3, 0.4) is 0 Å². The zero-order valence-corrected chi connectivity index (χ0v) is 22.9. The zero-order chi connectivity index (χ0) is 28.8. The minimum absolute atomic E-state index is 0.0288. The van der Waals surface area contributed by atoms with Gasteiger partial charge in [0, 0.05) is 19.2 Å². The Morgan fingerprint density at radius 3 is 2.58 bits per heavy atom. The van der Waals surface area contributed by atoms with Crippen LogP contribution in [0.2, 0.25) is 0 Å². The number of aromatic nitrogens is 1. The molecule has 1 atom stereocenters. The molecule has 0 aliphatic carbocycles. The average molecular weight is 566 g/mol. The van der Waals surface area contributed by atoms with Crippen molar-refractivity contribution < 1.29 is 28.7 Å². The number of rotatable bonds is 11. The Hall–Kier alpha value is -4.55. The number of benzene rings is 2. The molecule has 11 nitrogen and oxygen atoms in total. The number of allylic oxidation sites excluding steroid dienone is 1. The van der Waals surface area contributed by atoms with Gasteiger partial charge in [0.05, 0.1) is 40.5 Å². The highest BCUT2D eigenvalue weighted by Gasteiger charge is 2.34. The molecular weight excluding hydrogens is 538 g/mol. The molecule has 0 saturated heterocycles. The lowest BCUT2D eigenvalue weighted by atomic mass is 9.95. The number of nitro groups is 1. The average Bonchev–Trinajstić information content (AvgIpc) is 3.25. The third-order valence-electron chi connectivity index (χ3n) is 6.02. The minimum atomic E-state index is -0.868. The molecule has 0 fully saturated rings. The summed E-state index contributed by atoms with van der Waals surface area (Å²) in [5.41, 5.74) is 1.35. The Bertz CT molecular complexity index is 1650. The fraction of sp³-hybridized carbons (Fsp3) is 0.250. The predicted octanol–water partition coefficient (Wildman–Crippen LogP) is 2.91. The van der Waals surface area contributed by atoms with Gasteiger partial charge in [-0.05, 0) is 48.4 Å². The first-order valence-corrected chi connectivity index (χ1v) is 12.9. The molecular formula is C28H27N3O8S. The van der Waals surface area contributed by atoms with Crippen LogP contribution < -0.4 is 24.4 Å². The number of carbonyl (C=O) groups excluding carboxylic acids is 1. The second-order valence-electron chi connectivity index (χ2n) is 8.57. The van der Waals surface area contributed by atoms with E-state index in [0.29, 0.717) is 37.7 Å². The van der Waals surface area contributed by atoms with Crippen molar-refractivity contribution in [3.05, 3.63) is 107 Å². The van der Waals surface area contributed by atoms with E-state index in [2.05, 4.69) is 11.6 Å². The summed E-state index contributed by atoms with van der Waals surface area (Å²) in [5.74, 6) is 0.259. The molecule has 3 aromatic rings. The highest BCUT2D eigenvalue weighted by Crippen LogP contribution is 2.36. The molecule has 0 saturated carbocycles. The van der Waals surface area contributed by atoms with Crippen LogP contribution >= 0.6 is 11.3 Å². The van der Waals surface area contributed by atoms with Crippen molar-refractivity contribution in [3.63, 3.8) is 0 Å². The number of thiazole rings is 1. The number of ether oxygens (including phenoxy) is 4. The molecule has 40 heavy (non-hydrogen) atoms. The number of hydrogen-bond acceptors (Lipinski definition) is 10. The lowest BCUT2D eigenvalue weighted by Crippen LogP contribution is -2.40. The summed E-state index contributed by atoms with van der Waals surface area (Å²) in [5, 5.41) is 11.0. The largest absolute Gasteiger partial charge is 0.493 e. The van der Waals surface area contributed by atoms with E-state index in [1.54, 1.807) is 49.4 Å². The van der Waals surface area contributed by atoms with Gasteiger partial charge < -0.3 is 18.9 Å². The van der Waals surface area contributed by atoms with Crippen molar-refractivity contribution in [3.8, 4) is 11.5 Å². The number of carbonyl (C=O) groups is 1. The molecule has 0 N–H and O–H groups in total. The molecule has 1 aliphatic heterocycles. The van der Waals surface area contributed by atoms with Gasteiger partial charge in [0.25, 0.3) is 11.2 Å². The number of esters is 1. The molecule has 1 aromatic heterocycles. The van der Waals surface area contributed by atoms with Crippen molar-refractivity contribution in [2.75, 3.05) is 34.0 Å². The van der Waals surface area contributed by atoms with E-state index < -0.39 is 16.9 Å². The molecule has 2 aromatic carbocycles. The van der Waals surface area contributed by atoms with Gasteiger partial charge in [0.2, 0.25) is 0 Å². The van der Waals surface area contributed by atoms with Crippen LogP contribution in [0.15, 0.2) is 76.2 Å². The van der Waals surface area contributed by atoms with Gasteiger partial charge in [-0.25, -0.2) is 9.79 Å². The summed E-state index contributed by atoms with van der Waals surface area (Å²) in [6, 6.07) is 10.1. The lowest BCUT2D eigenvalue weighted by Gasteiger charge is -2.25. The van der Waals surface area contributed by atoms with Gasteiger partial charge >= 0.3 is 5.97 Å². The van der Waals surface area contributed by atoms with E-state index in [4.69, 9.17) is 18.9 Å². The Morgan fingerprint density at radius 1 is 1.18 bits per heavy atom. The number of hydrogen-bond donors (Lipinski definition) is 0. The maximum atomic E-state index is 13.8. The summed E-state index contributed by atoms with van der Waals surface area (Å²) in [6.07, 6.45) is 3.24. The van der Waals surface area contributed by atoms with Crippen LogP contribution in [0.5, 0.6) is 11.5 Å². The Morgan fingerprint density at radius 2 is 1.93 bits per heavy atom. The second kappa shape index (κ2) is 12.5. The van der Waals surface area contributed by atoms with Gasteiger partial charge in [0.15, 0.2) is 16.3 Å². The molecule has 0 radical (unpaired) electrons. The second-order valence-corrected chi connectivity index (χ2v) is 9.58. The number of fused-ring (bicyclic) bond motifs is 1. The van der Waals surface area contributed by atoms with E-state index >= 15 is 0 Å². The standard InChI is InChI=1S/C28H27N3O8S/c1-5-12-38-21-11-8-19(16-22(21)37-4)25-24(27(33)39-14-13-36-3)17(2)29-28-30(25)26(32)23(40-28)15-18-6-9-20(10-7-18)31(34)35/h5-11,15-16,25H,1,12-14H2,2-4H3. The van der Waals surface area contributed by atoms with Crippen molar-refractivity contribution in [1.82, 2.24) is 4.57 Å². The molecule has 0 bridgehead atoms. The van der Waals surface area contributed by atoms with Crippen LogP contribution in [0, 0.1) is 10.1 Å². The van der Waals surface area contributed by atoms with Crippen LogP contribution in [0.25, 0.3) is 6.08 Å². The molecule has 0 spiro atoms. The summed E-state index contributed by atoms with van der Waals surface area (Å²) in [7, 11) is 3.00. The first-order valence-electron chi connectivity index (χ1n) is 12.1. The molecule has 4 rings (SSSR count). The molecule has 1 aliphatic rings. The normalized spacial score (nSPS) is 14.8. The van der Waals surface area contributed by atoms with Crippen LogP contribution in [0.4, 0.5) is 5.69 Å². The third kappa shape index (κ3) is 5.87. The van der Waals surface area contributed by atoms with Crippen LogP contribution in [-0.2, 0) is 14.3 Å². The summed E-state index contributed by atoms with van der Waals surface area (Å²) >= 11 is 1.15. The SMILES string of the molecule is C=CCOc1ccc(C2C(C(=O)OCCOC)=C(C)N=c3sc(=Cc4ccc([N+](=O)[O-])cc4)c(=O)n32)cc1OC. The van der Waals surface area contributed by atoms with Gasteiger partial charge in [0.1, 0.15) is 13.2 Å². The van der Waals surface area contributed by atoms with Crippen LogP contribution in [-0.4, -0.2) is 49.5 Å². The Kier molecular flexibility index (Phi) is 8.92.